The van der Waals surface area contributed by atoms with E-state index in [0.717, 1.165) is 25.9 Å². The lowest BCUT2D eigenvalue weighted by Gasteiger charge is -2.34. The summed E-state index contributed by atoms with van der Waals surface area (Å²) < 4.78 is 43.2. The Morgan fingerprint density at radius 2 is 1.93 bits per heavy atom. The summed E-state index contributed by atoms with van der Waals surface area (Å²) in [5, 5.41) is 3.63. The minimum Gasteiger partial charge on any atom is -0.406 e. The molecular weight excluding hydrogens is 371 g/mol. The zero-order valence-corrected chi connectivity index (χ0v) is 16.3. The second-order valence-electron chi connectivity index (χ2n) is 7.42. The Hall–Kier alpha value is -2.22. The summed E-state index contributed by atoms with van der Waals surface area (Å²) in [6.07, 6.45) is -2.97. The maximum atomic E-state index is 12.8. The van der Waals surface area contributed by atoms with E-state index < -0.39 is 6.36 Å². The predicted molar refractivity (Wildman–Crippen MR) is 101 cm³/mol. The van der Waals surface area contributed by atoms with Crippen LogP contribution in [0.3, 0.4) is 0 Å². The predicted octanol–water partition coefficient (Wildman–Crippen LogP) is 4.16. The van der Waals surface area contributed by atoms with Gasteiger partial charge in [0.1, 0.15) is 11.4 Å². The number of rotatable bonds is 5. The summed E-state index contributed by atoms with van der Waals surface area (Å²) in [7, 11) is 0. The van der Waals surface area contributed by atoms with Crippen molar-refractivity contribution in [2.24, 2.45) is 0 Å². The van der Waals surface area contributed by atoms with Gasteiger partial charge in [-0.2, -0.15) is 0 Å². The molecule has 0 saturated carbocycles. The van der Waals surface area contributed by atoms with Crippen molar-refractivity contribution in [1.29, 1.82) is 0 Å². The lowest BCUT2D eigenvalue weighted by atomic mass is 10.0. The van der Waals surface area contributed by atoms with Crippen LogP contribution in [-0.4, -0.2) is 46.9 Å². The highest BCUT2D eigenvalue weighted by atomic mass is 19.4. The largest absolute Gasteiger partial charge is 0.573 e. The molecule has 0 spiro atoms. The van der Waals surface area contributed by atoms with Crippen molar-refractivity contribution < 1.29 is 22.7 Å². The first-order valence-corrected chi connectivity index (χ1v) is 9.62. The molecular formula is C20H26F3N3O2. The van der Waals surface area contributed by atoms with Gasteiger partial charge < -0.3 is 19.5 Å². The molecule has 1 N–H and O–H groups in total. The molecule has 1 aliphatic rings. The fourth-order valence-corrected chi connectivity index (χ4v) is 3.79. The number of aryl methyl sites for hydroxylation is 1. The number of carbonyl (C=O) groups excluding carboxylic acids is 1. The van der Waals surface area contributed by atoms with Crippen LogP contribution in [0.1, 0.15) is 44.1 Å². The summed E-state index contributed by atoms with van der Waals surface area (Å²) in [6, 6.07) is 6.36. The van der Waals surface area contributed by atoms with E-state index in [1.165, 1.54) is 12.1 Å². The molecule has 2 aromatic rings. The summed E-state index contributed by atoms with van der Waals surface area (Å²) in [4.78, 5) is 15.2. The van der Waals surface area contributed by atoms with Crippen molar-refractivity contribution in [3.63, 3.8) is 0 Å². The van der Waals surface area contributed by atoms with Gasteiger partial charge >= 0.3 is 6.36 Å². The number of benzene rings is 1. The highest BCUT2D eigenvalue weighted by Crippen LogP contribution is 2.29. The van der Waals surface area contributed by atoms with Gasteiger partial charge in [-0.1, -0.05) is 0 Å². The van der Waals surface area contributed by atoms with Gasteiger partial charge in [0, 0.05) is 42.6 Å². The first-order chi connectivity index (χ1) is 13.2. The molecule has 1 aromatic carbocycles. The minimum absolute atomic E-state index is 0.106. The van der Waals surface area contributed by atoms with E-state index in [9.17, 15) is 18.0 Å². The van der Waals surface area contributed by atoms with E-state index in [1.54, 1.807) is 12.1 Å². The van der Waals surface area contributed by atoms with E-state index in [0.29, 0.717) is 29.2 Å². The van der Waals surface area contributed by atoms with Crippen molar-refractivity contribution in [3.8, 4) is 5.75 Å². The number of ether oxygens (including phenoxy) is 1. The average Bonchev–Trinajstić information content (AvgIpc) is 2.98. The number of halogens is 3. The highest BCUT2D eigenvalue weighted by molar-refractivity contribution is 5.99. The normalized spacial score (nSPS) is 16.7. The first kappa shape index (κ1) is 20.5. The lowest BCUT2D eigenvalue weighted by Crippen LogP contribution is -2.46. The van der Waals surface area contributed by atoms with Crippen LogP contribution in [0, 0.1) is 0 Å². The van der Waals surface area contributed by atoms with E-state index in [1.807, 2.05) is 11.5 Å². The van der Waals surface area contributed by atoms with Crippen molar-refractivity contribution in [2.45, 2.75) is 58.6 Å². The molecule has 2 heterocycles. The number of hydrogen-bond acceptors (Lipinski definition) is 3. The number of likely N-dealkylation sites (tertiary alicyclic amines) is 1. The van der Waals surface area contributed by atoms with Crippen molar-refractivity contribution in [3.05, 3.63) is 30.0 Å². The third kappa shape index (κ3) is 4.60. The fourth-order valence-electron chi connectivity index (χ4n) is 3.79. The lowest BCUT2D eigenvalue weighted by molar-refractivity contribution is -0.274. The Morgan fingerprint density at radius 1 is 1.25 bits per heavy atom. The Bertz CT molecular complexity index is 837. The fraction of sp³-hybridized carbons (Fsp3) is 0.550. The first-order valence-electron chi connectivity index (χ1n) is 9.62. The van der Waals surface area contributed by atoms with Gasteiger partial charge in [-0.25, -0.2) is 0 Å². The van der Waals surface area contributed by atoms with Gasteiger partial charge in [-0.3, -0.25) is 4.79 Å². The summed E-state index contributed by atoms with van der Waals surface area (Å²) in [6.45, 7) is 8.65. The molecule has 154 valence electrons. The van der Waals surface area contributed by atoms with Crippen LogP contribution in [0.2, 0.25) is 0 Å². The van der Waals surface area contributed by atoms with Crippen LogP contribution >= 0.6 is 0 Å². The summed E-state index contributed by atoms with van der Waals surface area (Å²) >= 11 is 0. The molecule has 0 bridgehead atoms. The van der Waals surface area contributed by atoms with E-state index >= 15 is 0 Å². The van der Waals surface area contributed by atoms with Crippen molar-refractivity contribution in [2.75, 3.05) is 13.1 Å². The Kier molecular flexibility index (Phi) is 5.88. The number of amides is 1. The van der Waals surface area contributed by atoms with Crippen LogP contribution in [0.5, 0.6) is 5.75 Å². The zero-order valence-electron chi connectivity index (χ0n) is 16.3. The molecule has 1 aromatic heterocycles. The van der Waals surface area contributed by atoms with Crippen LogP contribution in [0.25, 0.3) is 10.9 Å². The monoisotopic (exact) mass is 397 g/mol. The Morgan fingerprint density at radius 3 is 2.50 bits per heavy atom. The summed E-state index contributed by atoms with van der Waals surface area (Å²) in [5.74, 6) is -0.486. The summed E-state index contributed by atoms with van der Waals surface area (Å²) in [5.41, 5.74) is 1.16. The number of aromatic nitrogens is 1. The molecule has 1 amide bonds. The van der Waals surface area contributed by atoms with E-state index in [-0.39, 0.29) is 17.7 Å². The number of nitrogens with one attached hydrogen (secondary N) is 1. The molecule has 5 nitrogen and oxygen atoms in total. The van der Waals surface area contributed by atoms with Gasteiger partial charge in [0.05, 0.1) is 0 Å². The van der Waals surface area contributed by atoms with Gasteiger partial charge in [-0.15, -0.1) is 13.2 Å². The van der Waals surface area contributed by atoms with Crippen LogP contribution in [0.15, 0.2) is 24.3 Å². The van der Waals surface area contributed by atoms with Crippen molar-refractivity contribution in [1.82, 2.24) is 14.8 Å². The molecule has 0 atom stereocenters. The highest BCUT2D eigenvalue weighted by Gasteiger charge is 2.31. The molecule has 3 rings (SSSR count). The number of nitrogens with zero attached hydrogens (tertiary/aromatic N) is 2. The topological polar surface area (TPSA) is 46.5 Å². The van der Waals surface area contributed by atoms with E-state index in [4.69, 9.17) is 0 Å². The van der Waals surface area contributed by atoms with Gasteiger partial charge in [-0.05, 0) is 57.9 Å². The zero-order chi connectivity index (χ0) is 20.5. The number of piperidine rings is 1. The third-order valence-corrected chi connectivity index (χ3v) is 5.25. The van der Waals surface area contributed by atoms with Gasteiger partial charge in [0.25, 0.3) is 5.91 Å². The molecule has 28 heavy (non-hydrogen) atoms. The van der Waals surface area contributed by atoms with Crippen LogP contribution in [-0.2, 0) is 6.54 Å². The molecule has 1 fully saturated rings. The van der Waals surface area contributed by atoms with Crippen molar-refractivity contribution >= 4 is 16.8 Å². The van der Waals surface area contributed by atoms with Crippen LogP contribution in [0.4, 0.5) is 13.2 Å². The molecule has 1 aliphatic heterocycles. The maximum absolute atomic E-state index is 12.8. The smallest absolute Gasteiger partial charge is 0.406 e. The average molecular weight is 397 g/mol. The number of carbonyl (C=O) groups is 1. The van der Waals surface area contributed by atoms with Gasteiger partial charge in [0.2, 0.25) is 0 Å². The molecule has 0 radical (unpaired) electrons. The number of alkyl halides is 3. The van der Waals surface area contributed by atoms with E-state index in [2.05, 4.69) is 28.8 Å². The standard InChI is InChI=1S/C20H26F3N3O2/c1-4-26-17-6-5-16(28-20(21,22)23)11-14(17)12-18(26)19(27)24-15-7-9-25(10-8-15)13(2)3/h5-6,11-13,15H,4,7-10H2,1-3H3,(H,24,27). The quantitative estimate of drug-likeness (QED) is 0.824. The molecule has 8 heteroatoms. The molecule has 0 aliphatic carbocycles. The number of hydrogen-bond donors (Lipinski definition) is 1. The third-order valence-electron chi connectivity index (χ3n) is 5.25. The van der Waals surface area contributed by atoms with Crippen LogP contribution < -0.4 is 10.1 Å². The SMILES string of the molecule is CCn1c(C(=O)NC2CCN(C(C)C)CC2)cc2cc(OC(F)(F)F)ccc21. The number of fused-ring (bicyclic) bond motifs is 1. The molecule has 0 unspecified atom stereocenters. The minimum atomic E-state index is -4.74. The van der Waals surface area contributed by atoms with Gasteiger partial charge in [0.15, 0.2) is 0 Å². The molecule has 1 saturated heterocycles. The Labute approximate surface area is 162 Å². The second-order valence-corrected chi connectivity index (χ2v) is 7.42. The Balaban J connectivity index is 1.77. The second kappa shape index (κ2) is 8.03. The maximum Gasteiger partial charge on any atom is 0.573 e.